The van der Waals surface area contributed by atoms with E-state index in [9.17, 15) is 0 Å². The van der Waals surface area contributed by atoms with Gasteiger partial charge in [0, 0.05) is 0 Å². The Morgan fingerprint density at radius 3 is 1.86 bits per heavy atom. The first kappa shape index (κ1) is 20.5. The molecule has 0 unspecified atom stereocenters. The number of imidazole rings is 1. The van der Waals surface area contributed by atoms with Crippen molar-refractivity contribution in [2.45, 2.75) is 84.6 Å². The normalized spacial score (nSPS) is 10.9. The van der Waals surface area contributed by atoms with E-state index >= 15 is 0 Å². The molecule has 1 heterocycles. The van der Waals surface area contributed by atoms with Gasteiger partial charge in [0.15, 0.2) is 0 Å². The summed E-state index contributed by atoms with van der Waals surface area (Å²) in [5.41, 5.74) is 0. The fourth-order valence-electron chi connectivity index (χ4n) is 2.72. The molecule has 0 spiro atoms. The van der Waals surface area contributed by atoms with E-state index in [2.05, 4.69) is 48.8 Å². The molecule has 0 aliphatic rings. The highest BCUT2D eigenvalue weighted by Crippen LogP contribution is 2.12. The van der Waals surface area contributed by atoms with Crippen LogP contribution in [0.5, 0.6) is 0 Å². The zero-order valence-corrected chi connectivity index (χ0v) is 15.1. The van der Waals surface area contributed by atoms with Crippen molar-refractivity contribution in [1.29, 1.82) is 0 Å². The van der Waals surface area contributed by atoms with Crippen molar-refractivity contribution in [3.8, 4) is 0 Å². The second-order valence-electron chi connectivity index (χ2n) is 6.68. The van der Waals surface area contributed by atoms with Crippen molar-refractivity contribution in [3.63, 3.8) is 0 Å². The SMILES string of the molecule is CC(C)CCCCCCCCCCC[n+]1ccn(C)c1.[Cl-]. The van der Waals surface area contributed by atoms with Crippen molar-refractivity contribution < 1.29 is 17.0 Å². The lowest BCUT2D eigenvalue weighted by Crippen LogP contribution is -3.00. The van der Waals surface area contributed by atoms with Crippen molar-refractivity contribution in [2.75, 3.05) is 0 Å². The minimum atomic E-state index is 0. The van der Waals surface area contributed by atoms with E-state index in [0.717, 1.165) is 5.92 Å². The molecule has 0 radical (unpaired) electrons. The fraction of sp³-hybridized carbons (Fsp3) is 0.833. The Kier molecular flexibility index (Phi) is 12.9. The molecule has 0 amide bonds. The highest BCUT2D eigenvalue weighted by atomic mass is 35.5. The predicted octanol–water partition coefficient (Wildman–Crippen LogP) is 1.87. The first-order chi connectivity index (χ1) is 9.68. The van der Waals surface area contributed by atoms with E-state index in [0.29, 0.717) is 0 Å². The molecule has 1 aromatic heterocycles. The minimum absolute atomic E-state index is 0. The lowest BCUT2D eigenvalue weighted by atomic mass is 10.0. The maximum Gasteiger partial charge on any atom is 0.243 e. The van der Waals surface area contributed by atoms with Gasteiger partial charge in [0.1, 0.15) is 12.4 Å². The van der Waals surface area contributed by atoms with E-state index in [4.69, 9.17) is 0 Å². The molecular formula is C18H35ClN2. The van der Waals surface area contributed by atoms with Gasteiger partial charge in [-0.1, -0.05) is 65.2 Å². The van der Waals surface area contributed by atoms with Crippen LogP contribution in [-0.2, 0) is 13.6 Å². The van der Waals surface area contributed by atoms with Crippen LogP contribution in [-0.4, -0.2) is 4.57 Å². The minimum Gasteiger partial charge on any atom is -1.00 e. The molecule has 0 aromatic carbocycles. The summed E-state index contributed by atoms with van der Waals surface area (Å²) in [6.07, 6.45) is 20.6. The first-order valence-electron chi connectivity index (χ1n) is 8.69. The summed E-state index contributed by atoms with van der Waals surface area (Å²) in [7, 11) is 2.08. The smallest absolute Gasteiger partial charge is 0.243 e. The molecule has 0 aliphatic carbocycles. The van der Waals surface area contributed by atoms with Crippen LogP contribution >= 0.6 is 0 Å². The average Bonchev–Trinajstić information content (AvgIpc) is 2.81. The van der Waals surface area contributed by atoms with Crippen LogP contribution in [0.4, 0.5) is 0 Å². The van der Waals surface area contributed by atoms with E-state index in [1.807, 2.05) is 0 Å². The highest BCUT2D eigenvalue weighted by Gasteiger charge is 1.99. The molecule has 0 saturated carbocycles. The third kappa shape index (κ3) is 11.8. The van der Waals surface area contributed by atoms with E-state index in [1.165, 1.54) is 70.8 Å². The molecule has 124 valence electrons. The molecule has 21 heavy (non-hydrogen) atoms. The molecule has 3 heteroatoms. The third-order valence-electron chi connectivity index (χ3n) is 4.02. The lowest BCUT2D eigenvalue weighted by Gasteiger charge is -2.04. The van der Waals surface area contributed by atoms with Crippen LogP contribution in [0.25, 0.3) is 0 Å². The molecule has 0 aliphatic heterocycles. The van der Waals surface area contributed by atoms with Crippen LogP contribution in [0.1, 0.15) is 78.1 Å². The monoisotopic (exact) mass is 314 g/mol. The summed E-state index contributed by atoms with van der Waals surface area (Å²) in [5.74, 6) is 0.887. The number of aryl methyl sites for hydroxylation is 2. The zero-order valence-electron chi connectivity index (χ0n) is 14.4. The van der Waals surface area contributed by atoms with Gasteiger partial charge in [-0.3, -0.25) is 0 Å². The fourth-order valence-corrected chi connectivity index (χ4v) is 2.72. The second kappa shape index (κ2) is 13.2. The van der Waals surface area contributed by atoms with Crippen LogP contribution < -0.4 is 17.0 Å². The van der Waals surface area contributed by atoms with E-state index in [1.54, 1.807) is 0 Å². The van der Waals surface area contributed by atoms with E-state index < -0.39 is 0 Å². The number of rotatable bonds is 12. The Morgan fingerprint density at radius 2 is 1.38 bits per heavy atom. The Hall–Kier alpha value is -0.500. The van der Waals surface area contributed by atoms with Crippen molar-refractivity contribution >= 4 is 0 Å². The van der Waals surface area contributed by atoms with Crippen molar-refractivity contribution in [1.82, 2.24) is 4.57 Å². The number of halogens is 1. The molecule has 2 nitrogen and oxygen atoms in total. The van der Waals surface area contributed by atoms with Gasteiger partial charge in [0.2, 0.25) is 6.33 Å². The number of aromatic nitrogens is 2. The molecular weight excluding hydrogens is 280 g/mol. The predicted molar refractivity (Wildman–Crippen MR) is 86.6 cm³/mol. The van der Waals surface area contributed by atoms with Gasteiger partial charge in [0.25, 0.3) is 0 Å². The largest absolute Gasteiger partial charge is 1.00 e. The van der Waals surface area contributed by atoms with Crippen LogP contribution in [0.3, 0.4) is 0 Å². The second-order valence-corrected chi connectivity index (χ2v) is 6.68. The van der Waals surface area contributed by atoms with Gasteiger partial charge in [-0.05, 0) is 18.8 Å². The molecule has 0 atom stereocenters. The molecule has 0 saturated heterocycles. The maximum atomic E-state index is 2.33. The van der Waals surface area contributed by atoms with Gasteiger partial charge in [0.05, 0.1) is 13.6 Å². The molecule has 0 N–H and O–H groups in total. The number of hydrogen-bond acceptors (Lipinski definition) is 0. The molecule has 0 fully saturated rings. The Bertz CT molecular complexity index is 334. The maximum absolute atomic E-state index is 2.33. The van der Waals surface area contributed by atoms with Gasteiger partial charge < -0.3 is 12.4 Å². The van der Waals surface area contributed by atoms with Gasteiger partial charge in [-0.25, -0.2) is 9.13 Å². The highest BCUT2D eigenvalue weighted by molar-refractivity contribution is 4.61. The molecule has 1 aromatic rings. The van der Waals surface area contributed by atoms with Gasteiger partial charge in [-0.15, -0.1) is 0 Å². The van der Waals surface area contributed by atoms with Gasteiger partial charge in [-0.2, -0.15) is 0 Å². The van der Waals surface area contributed by atoms with Crippen molar-refractivity contribution in [2.24, 2.45) is 13.0 Å². The van der Waals surface area contributed by atoms with Crippen LogP contribution in [0.15, 0.2) is 18.7 Å². The summed E-state index contributed by atoms with van der Waals surface area (Å²) in [5, 5.41) is 0. The summed E-state index contributed by atoms with van der Waals surface area (Å²) in [6.45, 7) is 5.83. The number of nitrogens with zero attached hydrogens (tertiary/aromatic N) is 2. The lowest BCUT2D eigenvalue weighted by molar-refractivity contribution is -0.696. The van der Waals surface area contributed by atoms with Crippen LogP contribution in [0.2, 0.25) is 0 Å². The Labute approximate surface area is 138 Å². The average molecular weight is 315 g/mol. The van der Waals surface area contributed by atoms with Crippen molar-refractivity contribution in [3.05, 3.63) is 18.7 Å². The Balaban J connectivity index is 0.00000400. The summed E-state index contributed by atoms with van der Waals surface area (Å²) >= 11 is 0. The number of unbranched alkanes of at least 4 members (excludes halogenated alkanes) is 8. The molecule has 1 rings (SSSR count). The number of hydrogen-bond donors (Lipinski definition) is 0. The first-order valence-corrected chi connectivity index (χ1v) is 8.69. The zero-order chi connectivity index (χ0) is 14.6. The third-order valence-corrected chi connectivity index (χ3v) is 4.02. The van der Waals surface area contributed by atoms with Crippen LogP contribution in [0, 0.1) is 5.92 Å². The summed E-state index contributed by atoms with van der Waals surface area (Å²) in [6, 6.07) is 0. The summed E-state index contributed by atoms with van der Waals surface area (Å²) in [4.78, 5) is 0. The quantitative estimate of drug-likeness (QED) is 0.411. The summed E-state index contributed by atoms with van der Waals surface area (Å²) < 4.78 is 4.40. The standard InChI is InChI=1S/C18H35N2.ClH/c1-18(2)13-11-9-7-5-4-6-8-10-12-14-20-16-15-19(3)17-20;/h15-18H,4-14H2,1-3H3;1H/q+1;/p-1. The van der Waals surface area contributed by atoms with Gasteiger partial charge >= 0.3 is 0 Å². The topological polar surface area (TPSA) is 8.81 Å². The Morgan fingerprint density at radius 1 is 0.857 bits per heavy atom. The van der Waals surface area contributed by atoms with E-state index in [-0.39, 0.29) is 12.4 Å². The molecule has 0 bridgehead atoms.